The molecule has 1 saturated carbocycles. The molecular weight excluding hydrogens is 408 g/mol. The number of fused-ring (bicyclic) bond motifs is 3. The van der Waals surface area contributed by atoms with E-state index in [1.165, 1.54) is 35.0 Å². The maximum atomic E-state index is 13.9. The van der Waals surface area contributed by atoms with Gasteiger partial charge in [0, 0.05) is 23.0 Å². The summed E-state index contributed by atoms with van der Waals surface area (Å²) in [6.45, 7) is 11.5. The van der Waals surface area contributed by atoms with Gasteiger partial charge in [-0.3, -0.25) is 4.90 Å². The topological polar surface area (TPSA) is 34.5 Å². The predicted molar refractivity (Wildman–Crippen MR) is 133 cm³/mol. The van der Waals surface area contributed by atoms with Crippen molar-refractivity contribution in [2.45, 2.75) is 84.8 Å². The molecule has 0 N–H and O–H groups in total. The Balaban J connectivity index is 1.47. The Labute approximate surface area is 198 Å². The molecule has 0 bridgehead atoms. The van der Waals surface area contributed by atoms with Crippen LogP contribution in [0.5, 0.6) is 0 Å². The maximum absolute atomic E-state index is 13.9. The number of carbonyl (C=O) groups excluding carboxylic acids is 1. The highest BCUT2D eigenvalue weighted by Crippen LogP contribution is 2.57. The van der Waals surface area contributed by atoms with Gasteiger partial charge in [0.25, 0.3) is 0 Å². The van der Waals surface area contributed by atoms with Gasteiger partial charge in [0.05, 0.1) is 11.6 Å². The van der Waals surface area contributed by atoms with Crippen molar-refractivity contribution >= 4 is 22.6 Å². The molecule has 4 heteroatoms. The fourth-order valence-corrected chi connectivity index (χ4v) is 7.99. The van der Waals surface area contributed by atoms with Crippen molar-refractivity contribution in [2.24, 2.45) is 16.7 Å². The average molecular weight is 447 g/mol. The van der Waals surface area contributed by atoms with Crippen LogP contribution < -0.4 is 0 Å². The van der Waals surface area contributed by atoms with Crippen molar-refractivity contribution in [3.8, 4) is 0 Å². The first-order valence-corrected chi connectivity index (χ1v) is 13.1. The second-order valence-electron chi connectivity index (χ2n) is 12.1. The number of piperidine rings is 1. The summed E-state index contributed by atoms with van der Waals surface area (Å²) in [6, 6.07) is 9.05. The summed E-state index contributed by atoms with van der Waals surface area (Å²) >= 11 is 0. The highest BCUT2D eigenvalue weighted by Gasteiger charge is 2.51. The zero-order valence-electron chi connectivity index (χ0n) is 20.7. The molecule has 2 fully saturated rings. The van der Waals surface area contributed by atoms with E-state index < -0.39 is 0 Å². The minimum atomic E-state index is -0.123. The molecule has 33 heavy (non-hydrogen) atoms. The lowest BCUT2D eigenvalue weighted by atomic mass is 9.66. The molecule has 4 aliphatic rings. The first-order valence-electron chi connectivity index (χ1n) is 13.1. The van der Waals surface area contributed by atoms with E-state index >= 15 is 0 Å². The van der Waals surface area contributed by atoms with Crippen LogP contribution in [0.4, 0.5) is 0 Å². The molecule has 4 heterocycles. The monoisotopic (exact) mass is 446 g/mol. The number of para-hydroxylation sites is 1. The van der Waals surface area contributed by atoms with E-state index in [4.69, 9.17) is 4.74 Å². The number of benzene rings is 1. The number of rotatable bonds is 3. The molecular formula is C29H38N2O2. The van der Waals surface area contributed by atoms with Gasteiger partial charge in [-0.25, -0.2) is 4.79 Å². The van der Waals surface area contributed by atoms with Crippen molar-refractivity contribution in [1.82, 2.24) is 9.47 Å². The molecule has 2 unspecified atom stereocenters. The summed E-state index contributed by atoms with van der Waals surface area (Å²) in [5.74, 6) is 0.466. The van der Waals surface area contributed by atoms with E-state index in [9.17, 15) is 4.79 Å². The fourth-order valence-electron chi connectivity index (χ4n) is 7.99. The minimum absolute atomic E-state index is 0.00737. The Bertz CT molecular complexity index is 1140. The van der Waals surface area contributed by atoms with Gasteiger partial charge in [0.1, 0.15) is 11.8 Å². The Morgan fingerprint density at radius 2 is 2.00 bits per heavy atom. The molecule has 2 aromatic rings. The van der Waals surface area contributed by atoms with Gasteiger partial charge >= 0.3 is 5.97 Å². The van der Waals surface area contributed by atoms with Crippen LogP contribution in [0.3, 0.4) is 0 Å². The van der Waals surface area contributed by atoms with Crippen molar-refractivity contribution in [2.75, 3.05) is 13.1 Å². The number of aromatic nitrogens is 1. The molecule has 6 rings (SSSR count). The third-order valence-electron chi connectivity index (χ3n) is 9.08. The van der Waals surface area contributed by atoms with Gasteiger partial charge < -0.3 is 9.30 Å². The number of carbonyl (C=O) groups is 1. The summed E-state index contributed by atoms with van der Waals surface area (Å²) < 4.78 is 8.62. The maximum Gasteiger partial charge on any atom is 0.355 e. The first kappa shape index (κ1) is 21.5. The largest absolute Gasteiger partial charge is 0.458 e. The van der Waals surface area contributed by atoms with Crippen LogP contribution in [0.1, 0.15) is 83.5 Å². The number of nitrogens with zero attached hydrogens (tertiary/aromatic N) is 2. The van der Waals surface area contributed by atoms with Crippen LogP contribution in [0, 0.1) is 16.7 Å². The van der Waals surface area contributed by atoms with Crippen LogP contribution in [-0.4, -0.2) is 34.6 Å². The van der Waals surface area contributed by atoms with E-state index in [0.29, 0.717) is 12.0 Å². The van der Waals surface area contributed by atoms with Crippen molar-refractivity contribution in [1.29, 1.82) is 0 Å². The molecule has 1 aliphatic carbocycles. The molecule has 0 radical (unpaired) electrons. The lowest BCUT2D eigenvalue weighted by Gasteiger charge is -2.53. The Hall–Kier alpha value is -2.07. The third kappa shape index (κ3) is 3.24. The summed E-state index contributed by atoms with van der Waals surface area (Å²) in [4.78, 5) is 16.6. The Kier molecular flexibility index (Phi) is 4.85. The second kappa shape index (κ2) is 7.46. The van der Waals surface area contributed by atoms with Gasteiger partial charge in [0.2, 0.25) is 0 Å². The van der Waals surface area contributed by atoms with Crippen molar-refractivity contribution in [3.05, 3.63) is 41.6 Å². The summed E-state index contributed by atoms with van der Waals surface area (Å²) in [6.07, 6.45) is 9.94. The zero-order valence-corrected chi connectivity index (χ0v) is 20.7. The minimum Gasteiger partial charge on any atom is -0.458 e. The quantitative estimate of drug-likeness (QED) is 0.516. The van der Waals surface area contributed by atoms with E-state index in [1.54, 1.807) is 0 Å². The number of ether oxygens (including phenoxy) is 1. The average Bonchev–Trinajstić information content (AvgIpc) is 3.11. The lowest BCUT2D eigenvalue weighted by molar-refractivity contribution is -0.146. The van der Waals surface area contributed by atoms with Crippen LogP contribution >= 0.6 is 0 Å². The van der Waals surface area contributed by atoms with Crippen LogP contribution in [0.25, 0.3) is 16.6 Å². The fraction of sp³-hybridized carbons (Fsp3) is 0.621. The number of esters is 1. The predicted octanol–water partition coefficient (Wildman–Crippen LogP) is 6.34. The third-order valence-corrected chi connectivity index (χ3v) is 9.08. The molecule has 4 atom stereocenters. The van der Waals surface area contributed by atoms with Crippen LogP contribution in [-0.2, 0) is 16.0 Å². The van der Waals surface area contributed by atoms with Gasteiger partial charge in [-0.15, -0.1) is 0 Å². The zero-order chi connectivity index (χ0) is 23.0. The highest BCUT2D eigenvalue weighted by atomic mass is 16.5. The Morgan fingerprint density at radius 3 is 2.79 bits per heavy atom. The standard InChI is InChI=1S/C29H38N2O2/c1-5-29-12-8-13-30-14-11-22-21-9-6-7-10-23(21)31(25(22)26(29)30)24(18-29)27(32)33-20-15-19(2)16-28(3,4)17-20/h6-7,9-10,18-20,26H,5,8,11-17H2,1-4H3/t19?,20?,26-,29+/m1/s1. The molecule has 3 aliphatic heterocycles. The molecule has 176 valence electrons. The highest BCUT2D eigenvalue weighted by molar-refractivity contribution is 6.13. The molecule has 1 aromatic carbocycles. The van der Waals surface area contributed by atoms with Crippen molar-refractivity contribution in [3.63, 3.8) is 0 Å². The normalized spacial score (nSPS) is 32.8. The van der Waals surface area contributed by atoms with Crippen LogP contribution in [0.2, 0.25) is 0 Å². The molecule has 1 saturated heterocycles. The first-order chi connectivity index (χ1) is 15.8. The van der Waals surface area contributed by atoms with E-state index in [0.717, 1.165) is 50.9 Å². The summed E-state index contributed by atoms with van der Waals surface area (Å²) in [7, 11) is 0. The molecule has 4 nitrogen and oxygen atoms in total. The number of hydrogen-bond acceptors (Lipinski definition) is 3. The second-order valence-corrected chi connectivity index (χ2v) is 12.1. The molecule has 0 spiro atoms. The van der Waals surface area contributed by atoms with Crippen molar-refractivity contribution < 1.29 is 9.53 Å². The van der Waals surface area contributed by atoms with E-state index in [1.807, 2.05) is 0 Å². The van der Waals surface area contributed by atoms with Gasteiger partial charge in [-0.05, 0) is 80.5 Å². The smallest absolute Gasteiger partial charge is 0.355 e. The summed E-state index contributed by atoms with van der Waals surface area (Å²) in [5.41, 5.74) is 5.01. The lowest BCUT2D eigenvalue weighted by Crippen LogP contribution is -2.51. The summed E-state index contributed by atoms with van der Waals surface area (Å²) in [5, 5.41) is 1.32. The van der Waals surface area contributed by atoms with E-state index in [2.05, 4.69) is 67.5 Å². The Morgan fingerprint density at radius 1 is 1.18 bits per heavy atom. The van der Waals surface area contributed by atoms with Gasteiger partial charge in [0.15, 0.2) is 0 Å². The van der Waals surface area contributed by atoms with Gasteiger partial charge in [-0.1, -0.05) is 45.9 Å². The molecule has 0 amide bonds. The molecule has 1 aromatic heterocycles. The van der Waals surface area contributed by atoms with Crippen LogP contribution in [0.15, 0.2) is 30.3 Å². The van der Waals surface area contributed by atoms with Gasteiger partial charge in [-0.2, -0.15) is 0 Å². The SMILES string of the molecule is CC[C@@]12C=C(C(=O)OC3CC(C)CC(C)(C)C3)n3c4c(c5ccccc53)CCN(CCC1)[C@H]42. The number of hydrogen-bond donors (Lipinski definition) is 0. The van der Waals surface area contributed by atoms with E-state index in [-0.39, 0.29) is 22.9 Å².